The maximum atomic E-state index is 12.6. The fraction of sp³-hybridized carbons (Fsp3) is 0.130. The first kappa shape index (κ1) is 21.8. The smallest absolute Gasteiger partial charge is 0.341 e. The number of carbonyl (C=O) groups is 2. The van der Waals surface area contributed by atoms with Gasteiger partial charge in [0, 0.05) is 27.1 Å². The molecule has 3 rings (SSSR count). The van der Waals surface area contributed by atoms with Gasteiger partial charge in [-0.05, 0) is 36.8 Å². The largest absolute Gasteiger partial charge is 0.496 e. The Morgan fingerprint density at radius 2 is 1.87 bits per heavy atom. The second kappa shape index (κ2) is 10.2. The first-order chi connectivity index (χ1) is 14.5. The van der Waals surface area contributed by atoms with Gasteiger partial charge in [0.15, 0.2) is 0 Å². The van der Waals surface area contributed by atoms with E-state index >= 15 is 0 Å². The third-order valence-electron chi connectivity index (χ3n) is 4.22. The van der Waals surface area contributed by atoms with Gasteiger partial charge >= 0.3 is 5.97 Å². The first-order valence-electron chi connectivity index (χ1n) is 9.20. The number of halogens is 1. The maximum absolute atomic E-state index is 12.6. The van der Waals surface area contributed by atoms with E-state index in [0.717, 1.165) is 21.2 Å². The molecule has 3 aromatic rings. The molecule has 0 bridgehead atoms. The molecule has 2 aromatic carbocycles. The molecule has 0 radical (unpaired) electrons. The Hall–Kier alpha value is -2.90. The van der Waals surface area contributed by atoms with E-state index in [-0.39, 0.29) is 12.5 Å². The molecule has 0 fully saturated rings. The second-order valence-corrected chi connectivity index (χ2v) is 7.94. The highest BCUT2D eigenvalue weighted by atomic mass is 79.9. The Kier molecular flexibility index (Phi) is 7.43. The number of thiophene rings is 1. The number of hydrogen-bond donors (Lipinski definition) is 1. The standard InChI is InChI=1S/C23H20BrNO4S/c1-3-29-23(27)21-18(15-8-11-17(24)12-9-15)14-30-22(21)25-20(26)13-10-16-6-4-5-7-19(16)28-2/h4-14H,3H2,1-2H3,(H,25,26). The molecule has 1 heterocycles. The minimum absolute atomic E-state index is 0.246. The molecule has 0 spiro atoms. The van der Waals surface area contributed by atoms with Crippen molar-refractivity contribution in [3.63, 3.8) is 0 Å². The van der Waals surface area contributed by atoms with E-state index in [1.165, 1.54) is 17.4 Å². The van der Waals surface area contributed by atoms with Gasteiger partial charge in [-0.2, -0.15) is 0 Å². The van der Waals surface area contributed by atoms with Crippen molar-refractivity contribution >= 4 is 50.2 Å². The molecular formula is C23H20BrNO4S. The van der Waals surface area contributed by atoms with Crippen LogP contribution in [0.3, 0.4) is 0 Å². The Morgan fingerprint density at radius 3 is 2.57 bits per heavy atom. The summed E-state index contributed by atoms with van der Waals surface area (Å²) in [6.07, 6.45) is 3.08. The summed E-state index contributed by atoms with van der Waals surface area (Å²) in [4.78, 5) is 25.1. The highest BCUT2D eigenvalue weighted by Gasteiger charge is 2.22. The van der Waals surface area contributed by atoms with Crippen molar-refractivity contribution in [3.8, 4) is 16.9 Å². The molecule has 1 aromatic heterocycles. The van der Waals surface area contributed by atoms with Crippen LogP contribution < -0.4 is 10.1 Å². The zero-order valence-corrected chi connectivity index (χ0v) is 18.9. The van der Waals surface area contributed by atoms with Crippen LogP contribution in [0.4, 0.5) is 5.00 Å². The Labute approximate surface area is 187 Å². The van der Waals surface area contributed by atoms with Gasteiger partial charge < -0.3 is 14.8 Å². The normalized spacial score (nSPS) is 10.8. The molecule has 0 unspecified atom stereocenters. The number of methoxy groups -OCH3 is 1. The van der Waals surface area contributed by atoms with Gasteiger partial charge in [-0.15, -0.1) is 11.3 Å². The van der Waals surface area contributed by atoms with Crippen LogP contribution in [0.25, 0.3) is 17.2 Å². The SMILES string of the molecule is CCOC(=O)c1c(-c2ccc(Br)cc2)csc1NC(=O)C=Cc1ccccc1OC. The molecule has 0 aliphatic rings. The summed E-state index contributed by atoms with van der Waals surface area (Å²) in [6, 6.07) is 15.0. The number of amides is 1. The van der Waals surface area contributed by atoms with Crippen molar-refractivity contribution in [2.45, 2.75) is 6.92 Å². The van der Waals surface area contributed by atoms with E-state index in [1.807, 2.05) is 53.9 Å². The average molecular weight is 486 g/mol. The number of esters is 1. The lowest BCUT2D eigenvalue weighted by Crippen LogP contribution is -2.12. The number of rotatable bonds is 7. The molecule has 30 heavy (non-hydrogen) atoms. The summed E-state index contributed by atoms with van der Waals surface area (Å²) in [5.74, 6) is -0.154. The Morgan fingerprint density at radius 1 is 1.13 bits per heavy atom. The minimum atomic E-state index is -0.472. The minimum Gasteiger partial charge on any atom is -0.496 e. The monoisotopic (exact) mass is 485 g/mol. The number of anilines is 1. The number of benzene rings is 2. The number of nitrogens with one attached hydrogen (secondary N) is 1. The Balaban J connectivity index is 1.88. The van der Waals surface area contributed by atoms with Crippen molar-refractivity contribution in [3.05, 3.63) is 75.6 Å². The topological polar surface area (TPSA) is 64.6 Å². The summed E-state index contributed by atoms with van der Waals surface area (Å²) >= 11 is 4.70. The lowest BCUT2D eigenvalue weighted by Gasteiger charge is -2.08. The van der Waals surface area contributed by atoms with Crippen LogP contribution >= 0.6 is 27.3 Å². The molecular weight excluding hydrogens is 466 g/mol. The summed E-state index contributed by atoms with van der Waals surface area (Å²) in [5.41, 5.74) is 2.71. The first-order valence-corrected chi connectivity index (χ1v) is 10.9. The number of para-hydroxylation sites is 1. The fourth-order valence-corrected chi connectivity index (χ4v) is 4.05. The van der Waals surface area contributed by atoms with Crippen LogP contribution in [-0.2, 0) is 9.53 Å². The predicted octanol–water partition coefficient (Wildman–Crippen LogP) is 6.01. The molecule has 1 amide bonds. The third-order valence-corrected chi connectivity index (χ3v) is 5.64. The number of carbonyl (C=O) groups excluding carboxylic acids is 2. The van der Waals surface area contributed by atoms with Crippen LogP contribution in [0.15, 0.2) is 64.5 Å². The van der Waals surface area contributed by atoms with Crippen molar-refractivity contribution in [2.75, 3.05) is 19.0 Å². The molecule has 7 heteroatoms. The van der Waals surface area contributed by atoms with Gasteiger partial charge in [-0.25, -0.2) is 4.79 Å². The summed E-state index contributed by atoms with van der Waals surface area (Å²) in [6.45, 7) is 1.99. The van der Waals surface area contributed by atoms with Crippen LogP contribution in [0, 0.1) is 0 Å². The van der Waals surface area contributed by atoms with Crippen LogP contribution in [0.2, 0.25) is 0 Å². The number of hydrogen-bond acceptors (Lipinski definition) is 5. The van der Waals surface area contributed by atoms with E-state index in [9.17, 15) is 9.59 Å². The highest BCUT2D eigenvalue weighted by Crippen LogP contribution is 2.36. The van der Waals surface area contributed by atoms with Gasteiger partial charge in [0.05, 0.1) is 13.7 Å². The third kappa shape index (κ3) is 5.17. The molecule has 0 aliphatic heterocycles. The van der Waals surface area contributed by atoms with Gasteiger partial charge in [-0.1, -0.05) is 46.3 Å². The Bertz CT molecular complexity index is 1070. The van der Waals surface area contributed by atoms with Crippen molar-refractivity contribution in [1.29, 1.82) is 0 Å². The fourth-order valence-electron chi connectivity index (χ4n) is 2.82. The quantitative estimate of drug-likeness (QED) is 0.328. The van der Waals surface area contributed by atoms with Gasteiger partial charge in [0.2, 0.25) is 5.91 Å². The summed E-state index contributed by atoms with van der Waals surface area (Å²) < 4.78 is 11.5. The zero-order valence-electron chi connectivity index (χ0n) is 16.5. The molecule has 1 N–H and O–H groups in total. The van der Waals surface area contributed by atoms with E-state index in [2.05, 4.69) is 21.2 Å². The van der Waals surface area contributed by atoms with Crippen LogP contribution in [-0.4, -0.2) is 25.6 Å². The molecule has 5 nitrogen and oxygen atoms in total. The van der Waals surface area contributed by atoms with Gasteiger partial charge in [0.25, 0.3) is 0 Å². The molecule has 0 atom stereocenters. The average Bonchev–Trinajstić information content (AvgIpc) is 3.16. The number of ether oxygens (including phenoxy) is 2. The van der Waals surface area contributed by atoms with E-state index < -0.39 is 5.97 Å². The second-order valence-electron chi connectivity index (χ2n) is 6.15. The van der Waals surface area contributed by atoms with E-state index in [0.29, 0.717) is 16.3 Å². The summed E-state index contributed by atoms with van der Waals surface area (Å²) in [5, 5.41) is 5.09. The van der Waals surface area contributed by atoms with E-state index in [1.54, 1.807) is 20.1 Å². The molecule has 0 saturated heterocycles. The lowest BCUT2D eigenvalue weighted by molar-refractivity contribution is -0.111. The zero-order chi connectivity index (χ0) is 21.5. The molecule has 0 aliphatic carbocycles. The van der Waals surface area contributed by atoms with Gasteiger partial charge in [0.1, 0.15) is 16.3 Å². The maximum Gasteiger partial charge on any atom is 0.341 e. The van der Waals surface area contributed by atoms with Crippen molar-refractivity contribution in [1.82, 2.24) is 0 Å². The van der Waals surface area contributed by atoms with Crippen LogP contribution in [0.5, 0.6) is 5.75 Å². The van der Waals surface area contributed by atoms with Crippen molar-refractivity contribution in [2.24, 2.45) is 0 Å². The summed E-state index contributed by atoms with van der Waals surface area (Å²) in [7, 11) is 1.58. The van der Waals surface area contributed by atoms with E-state index in [4.69, 9.17) is 9.47 Å². The van der Waals surface area contributed by atoms with Crippen molar-refractivity contribution < 1.29 is 19.1 Å². The van der Waals surface area contributed by atoms with Gasteiger partial charge in [-0.3, -0.25) is 4.79 Å². The predicted molar refractivity (Wildman–Crippen MR) is 124 cm³/mol. The molecule has 0 saturated carbocycles. The molecule has 154 valence electrons. The van der Waals surface area contributed by atoms with Crippen LogP contribution in [0.1, 0.15) is 22.8 Å². The highest BCUT2D eigenvalue weighted by molar-refractivity contribution is 9.10. The lowest BCUT2D eigenvalue weighted by atomic mass is 10.0.